The Bertz CT molecular complexity index is 753. The van der Waals surface area contributed by atoms with Gasteiger partial charge < -0.3 is 5.32 Å². The quantitative estimate of drug-likeness (QED) is 0.680. The Kier molecular flexibility index (Phi) is 6.11. The van der Waals surface area contributed by atoms with E-state index >= 15 is 0 Å². The lowest BCUT2D eigenvalue weighted by atomic mass is 9.92. The van der Waals surface area contributed by atoms with Crippen LogP contribution in [0.3, 0.4) is 0 Å². The summed E-state index contributed by atoms with van der Waals surface area (Å²) in [7, 11) is 0. The highest BCUT2D eigenvalue weighted by molar-refractivity contribution is 5.94. The van der Waals surface area contributed by atoms with Crippen LogP contribution in [0.25, 0.3) is 0 Å². The summed E-state index contributed by atoms with van der Waals surface area (Å²) in [5.41, 5.74) is 2.41. The van der Waals surface area contributed by atoms with Gasteiger partial charge in [-0.1, -0.05) is 64.1 Å². The van der Waals surface area contributed by atoms with Crippen LogP contribution in [0.5, 0.6) is 0 Å². The third kappa shape index (κ3) is 4.87. The summed E-state index contributed by atoms with van der Waals surface area (Å²) >= 11 is 0. The molecule has 5 heteroatoms. The van der Waals surface area contributed by atoms with Crippen LogP contribution in [0, 0.1) is 0 Å². The van der Waals surface area contributed by atoms with Crippen LogP contribution in [0.2, 0.25) is 0 Å². The van der Waals surface area contributed by atoms with Gasteiger partial charge in [-0.25, -0.2) is 0 Å². The first-order chi connectivity index (χ1) is 12.1. The van der Waals surface area contributed by atoms with Crippen LogP contribution in [0.15, 0.2) is 42.5 Å². The Hall–Kier alpha value is -2.30. The molecule has 0 aliphatic rings. The fraction of sp³-hybridized carbons (Fsp3) is 0.381. The number of nitrogens with one attached hydrogen (secondary N) is 1. The Balaban J connectivity index is 2.26. The van der Waals surface area contributed by atoms with E-state index in [1.54, 1.807) is 0 Å². The molecule has 0 saturated carbocycles. The number of halogens is 3. The molecule has 0 bridgehead atoms. The molecule has 0 atom stereocenters. The van der Waals surface area contributed by atoms with Gasteiger partial charge in [0.05, 0.1) is 12.0 Å². The van der Waals surface area contributed by atoms with Crippen molar-refractivity contribution in [2.75, 3.05) is 5.32 Å². The fourth-order valence-electron chi connectivity index (χ4n) is 2.92. The maximum absolute atomic E-state index is 12.8. The van der Waals surface area contributed by atoms with E-state index in [4.69, 9.17) is 0 Å². The molecule has 2 nitrogen and oxygen atoms in total. The normalized spacial score (nSPS) is 11.9. The molecule has 0 radical (unpaired) electrons. The molecule has 1 amide bonds. The van der Waals surface area contributed by atoms with Gasteiger partial charge in [0, 0.05) is 5.69 Å². The number of carbonyl (C=O) groups is 1. The zero-order valence-corrected chi connectivity index (χ0v) is 15.4. The third-order valence-corrected chi connectivity index (χ3v) is 4.26. The molecule has 0 fully saturated rings. The smallest absolute Gasteiger partial charge is 0.325 e. The molecule has 2 rings (SSSR count). The van der Waals surface area contributed by atoms with E-state index in [1.165, 1.54) is 12.1 Å². The number of para-hydroxylation sites is 1. The minimum Gasteiger partial charge on any atom is -0.325 e. The van der Waals surface area contributed by atoms with Gasteiger partial charge in [-0.3, -0.25) is 4.79 Å². The number of hydrogen-bond donors (Lipinski definition) is 1. The minimum atomic E-state index is -4.42. The lowest BCUT2D eigenvalue weighted by Crippen LogP contribution is -2.18. The highest BCUT2D eigenvalue weighted by atomic mass is 19.4. The van der Waals surface area contributed by atoms with Crippen molar-refractivity contribution in [2.45, 2.75) is 52.1 Å². The lowest BCUT2D eigenvalue weighted by Gasteiger charge is -2.20. The average molecular weight is 363 g/mol. The van der Waals surface area contributed by atoms with Crippen molar-refractivity contribution >= 4 is 11.6 Å². The first-order valence-electron chi connectivity index (χ1n) is 8.68. The number of alkyl halides is 3. The van der Waals surface area contributed by atoms with E-state index in [0.29, 0.717) is 5.56 Å². The van der Waals surface area contributed by atoms with Gasteiger partial charge in [-0.05, 0) is 34.6 Å². The van der Waals surface area contributed by atoms with Crippen molar-refractivity contribution in [3.8, 4) is 0 Å². The number of anilines is 1. The van der Waals surface area contributed by atoms with Crippen molar-refractivity contribution in [3.63, 3.8) is 0 Å². The topological polar surface area (TPSA) is 29.1 Å². The molecule has 2 aromatic rings. The molecule has 0 aliphatic heterocycles. The van der Waals surface area contributed by atoms with Crippen molar-refractivity contribution in [1.82, 2.24) is 0 Å². The Morgan fingerprint density at radius 1 is 0.962 bits per heavy atom. The fourth-order valence-corrected chi connectivity index (χ4v) is 2.92. The highest BCUT2D eigenvalue weighted by Crippen LogP contribution is 2.33. The Labute approximate surface area is 152 Å². The Morgan fingerprint density at radius 2 is 1.50 bits per heavy atom. The van der Waals surface area contributed by atoms with Crippen molar-refractivity contribution in [1.29, 1.82) is 0 Å². The van der Waals surface area contributed by atoms with E-state index in [-0.39, 0.29) is 24.2 Å². The van der Waals surface area contributed by atoms with Crippen LogP contribution in [0.4, 0.5) is 18.9 Å². The van der Waals surface area contributed by atoms with Crippen molar-refractivity contribution in [2.24, 2.45) is 0 Å². The van der Waals surface area contributed by atoms with E-state index < -0.39 is 11.7 Å². The van der Waals surface area contributed by atoms with E-state index in [9.17, 15) is 18.0 Å². The molecular weight excluding hydrogens is 339 g/mol. The monoisotopic (exact) mass is 363 g/mol. The van der Waals surface area contributed by atoms with Gasteiger partial charge >= 0.3 is 6.18 Å². The molecule has 0 heterocycles. The molecule has 26 heavy (non-hydrogen) atoms. The van der Waals surface area contributed by atoms with Crippen molar-refractivity contribution in [3.05, 3.63) is 64.7 Å². The summed E-state index contributed by atoms with van der Waals surface area (Å²) in [4.78, 5) is 12.5. The highest BCUT2D eigenvalue weighted by Gasteiger charge is 2.30. The first kappa shape index (κ1) is 20.0. The Morgan fingerprint density at radius 3 is 2.00 bits per heavy atom. The zero-order chi connectivity index (χ0) is 19.5. The summed E-state index contributed by atoms with van der Waals surface area (Å²) < 4.78 is 38.5. The van der Waals surface area contributed by atoms with Gasteiger partial charge in [-0.15, -0.1) is 0 Å². The predicted octanol–water partition coefficient (Wildman–Crippen LogP) is 6.13. The minimum absolute atomic E-state index is 0.103. The van der Waals surface area contributed by atoms with Crippen molar-refractivity contribution < 1.29 is 18.0 Å². The van der Waals surface area contributed by atoms with E-state index in [0.717, 1.165) is 28.9 Å². The number of benzene rings is 2. The third-order valence-electron chi connectivity index (χ3n) is 4.26. The van der Waals surface area contributed by atoms with Crippen LogP contribution in [0.1, 0.15) is 61.8 Å². The molecule has 0 spiro atoms. The summed E-state index contributed by atoms with van der Waals surface area (Å²) in [6.45, 7) is 8.17. The maximum atomic E-state index is 12.8. The maximum Gasteiger partial charge on any atom is 0.416 e. The van der Waals surface area contributed by atoms with Gasteiger partial charge in [0.1, 0.15) is 0 Å². The first-order valence-corrected chi connectivity index (χ1v) is 8.68. The van der Waals surface area contributed by atoms with Crippen LogP contribution in [-0.4, -0.2) is 5.91 Å². The largest absolute Gasteiger partial charge is 0.416 e. The molecule has 1 N–H and O–H groups in total. The molecule has 0 saturated heterocycles. The summed E-state index contributed by atoms with van der Waals surface area (Å²) in [5, 5.41) is 2.93. The second-order valence-electron chi connectivity index (χ2n) is 7.04. The van der Waals surface area contributed by atoms with Gasteiger partial charge in [0.15, 0.2) is 0 Å². The predicted molar refractivity (Wildman–Crippen MR) is 98.4 cm³/mol. The molecule has 140 valence electrons. The number of rotatable bonds is 5. The molecule has 0 aromatic heterocycles. The summed E-state index contributed by atoms with van der Waals surface area (Å²) in [6, 6.07) is 10.8. The average Bonchev–Trinajstić information content (AvgIpc) is 2.53. The van der Waals surface area contributed by atoms with Gasteiger partial charge in [0.2, 0.25) is 5.91 Å². The number of amides is 1. The molecule has 0 unspecified atom stereocenters. The standard InChI is InChI=1S/C21H24F3NO/c1-13(2)17-9-6-10-18(14(3)4)20(17)25-19(26)12-15-7-5-8-16(11-15)21(22,23)24/h5-11,13-14H,12H2,1-4H3,(H,25,26). The SMILES string of the molecule is CC(C)c1cccc(C(C)C)c1NC(=O)Cc1cccc(C(F)(F)F)c1. The van der Waals surface area contributed by atoms with Crippen LogP contribution in [-0.2, 0) is 17.4 Å². The van der Waals surface area contributed by atoms with Gasteiger partial charge in [-0.2, -0.15) is 13.2 Å². The summed E-state index contributed by atoms with van der Waals surface area (Å²) in [6.07, 6.45) is -4.52. The zero-order valence-electron chi connectivity index (χ0n) is 15.4. The van der Waals surface area contributed by atoms with Gasteiger partial charge in [0.25, 0.3) is 0 Å². The summed E-state index contributed by atoms with van der Waals surface area (Å²) in [5.74, 6) is 0.120. The van der Waals surface area contributed by atoms with Crippen LogP contribution >= 0.6 is 0 Å². The van der Waals surface area contributed by atoms with Crippen LogP contribution < -0.4 is 5.32 Å². The number of carbonyl (C=O) groups excluding carboxylic acids is 1. The lowest BCUT2D eigenvalue weighted by molar-refractivity contribution is -0.137. The molecule has 2 aromatic carbocycles. The van der Waals surface area contributed by atoms with E-state index in [2.05, 4.69) is 5.32 Å². The van der Waals surface area contributed by atoms with E-state index in [1.807, 2.05) is 45.9 Å². The second kappa shape index (κ2) is 7.94. The number of hydrogen-bond acceptors (Lipinski definition) is 1. The molecular formula is C21H24F3NO. The molecule has 0 aliphatic carbocycles. The second-order valence-corrected chi connectivity index (χ2v) is 7.04.